The highest BCUT2D eigenvalue weighted by molar-refractivity contribution is 7.99. The number of hydrogen-bond donors (Lipinski definition) is 1. The predicted octanol–water partition coefficient (Wildman–Crippen LogP) is 4.84. The molecule has 1 unspecified atom stereocenters. The fourth-order valence-corrected chi connectivity index (χ4v) is 1.92. The van der Waals surface area contributed by atoms with Crippen molar-refractivity contribution in [3.63, 3.8) is 0 Å². The van der Waals surface area contributed by atoms with Gasteiger partial charge in [-0.25, -0.2) is 0 Å². The topological polar surface area (TPSA) is 37.3 Å². The van der Waals surface area contributed by atoms with Gasteiger partial charge in [-0.15, -0.1) is 5.73 Å². The number of carboxylic acids is 1. The molecule has 3 heteroatoms. The van der Waals surface area contributed by atoms with Crippen LogP contribution in [0.3, 0.4) is 0 Å². The summed E-state index contributed by atoms with van der Waals surface area (Å²) in [5.41, 5.74) is 3.03. The molecule has 0 amide bonds. The van der Waals surface area contributed by atoms with Crippen LogP contribution in [0.15, 0.2) is 42.2 Å². The zero-order valence-corrected chi connectivity index (χ0v) is 13.4. The van der Waals surface area contributed by atoms with Crippen LogP contribution in [0.1, 0.15) is 39.5 Å². The van der Waals surface area contributed by atoms with Crippen LogP contribution in [-0.4, -0.2) is 22.6 Å². The molecule has 0 aliphatic rings. The van der Waals surface area contributed by atoms with E-state index < -0.39 is 5.97 Å². The molecule has 0 aromatic carbocycles. The van der Waals surface area contributed by atoms with Crippen molar-refractivity contribution in [3.05, 3.63) is 42.2 Å². The van der Waals surface area contributed by atoms with Gasteiger partial charge in [-0.3, -0.25) is 4.79 Å². The van der Waals surface area contributed by atoms with Gasteiger partial charge in [0.25, 0.3) is 0 Å². The van der Waals surface area contributed by atoms with Gasteiger partial charge >= 0.3 is 5.97 Å². The smallest absolute Gasteiger partial charge is 0.306 e. The summed E-state index contributed by atoms with van der Waals surface area (Å²) in [4.78, 5) is 10.6. The third kappa shape index (κ3) is 13.3. The molecule has 0 aromatic rings. The molecule has 0 saturated carbocycles. The summed E-state index contributed by atoms with van der Waals surface area (Å²) in [5.74, 6) is 0.835. The Bertz CT molecular complexity index is 363. The average Bonchev–Trinajstić information content (AvgIpc) is 2.43. The minimum atomic E-state index is -0.754. The summed E-state index contributed by atoms with van der Waals surface area (Å²) in [5, 5.41) is 8.70. The van der Waals surface area contributed by atoms with Crippen LogP contribution in [0.5, 0.6) is 0 Å². The van der Waals surface area contributed by atoms with Gasteiger partial charge < -0.3 is 5.11 Å². The molecule has 0 aliphatic carbocycles. The average molecular weight is 294 g/mol. The molecule has 0 saturated heterocycles. The molecule has 0 radical (unpaired) electrons. The molecular weight excluding hydrogens is 268 g/mol. The number of allylic oxidation sites excluding steroid dienone is 3. The number of unbranched alkanes of at least 4 members (excludes halogenated alkanes) is 1. The molecule has 2 nitrogen and oxygen atoms in total. The Balaban J connectivity index is 3.54. The second kappa shape index (κ2) is 14.2. The first-order chi connectivity index (χ1) is 9.68. The van der Waals surface area contributed by atoms with E-state index in [0.717, 1.165) is 17.9 Å². The van der Waals surface area contributed by atoms with Crippen molar-refractivity contribution in [3.8, 4) is 0 Å². The van der Waals surface area contributed by atoms with E-state index in [-0.39, 0.29) is 5.92 Å². The van der Waals surface area contributed by atoms with Gasteiger partial charge in [-0.1, -0.05) is 44.6 Å². The molecule has 0 spiro atoms. The number of thioether (sulfide) groups is 1. The molecule has 0 aromatic heterocycles. The maximum absolute atomic E-state index is 10.6. The summed E-state index contributed by atoms with van der Waals surface area (Å²) in [7, 11) is 0. The summed E-state index contributed by atoms with van der Waals surface area (Å²) in [6.07, 6.45) is 16.5. The third-order valence-electron chi connectivity index (χ3n) is 2.60. The molecule has 20 heavy (non-hydrogen) atoms. The second-order valence-corrected chi connectivity index (χ2v) is 5.63. The van der Waals surface area contributed by atoms with Gasteiger partial charge in [-0.05, 0) is 31.4 Å². The van der Waals surface area contributed by atoms with Crippen LogP contribution in [-0.2, 0) is 4.79 Å². The van der Waals surface area contributed by atoms with Crippen LogP contribution < -0.4 is 0 Å². The predicted molar refractivity (Wildman–Crippen MR) is 89.2 cm³/mol. The number of hydrogen-bond acceptors (Lipinski definition) is 2. The lowest BCUT2D eigenvalue weighted by Crippen LogP contribution is -2.07. The standard InChI is InChI=1S/C17H26O2S/c1-3-4-5-6-7-8-11-14-20-15-12-9-10-13-16(2)17(18)19/h5-6,8,10-12,16H,3-4,7,13-15H2,1-2H3,(H,18,19)/b6-5-,11-8-. The van der Waals surface area contributed by atoms with E-state index >= 15 is 0 Å². The van der Waals surface area contributed by atoms with Crippen molar-refractivity contribution >= 4 is 17.7 Å². The second-order valence-electron chi connectivity index (χ2n) is 4.55. The van der Waals surface area contributed by atoms with E-state index in [0.29, 0.717) is 6.42 Å². The first-order valence-electron chi connectivity index (χ1n) is 7.18. The third-order valence-corrected chi connectivity index (χ3v) is 3.44. The van der Waals surface area contributed by atoms with Gasteiger partial charge in [-0.2, -0.15) is 11.8 Å². The molecule has 112 valence electrons. The van der Waals surface area contributed by atoms with Crippen molar-refractivity contribution in [2.45, 2.75) is 39.5 Å². The number of carboxylic acid groups (broad SMARTS) is 1. The Morgan fingerprint density at radius 2 is 1.95 bits per heavy atom. The fraction of sp³-hybridized carbons (Fsp3) is 0.529. The zero-order chi connectivity index (χ0) is 15.1. The minimum Gasteiger partial charge on any atom is -0.481 e. The summed E-state index contributed by atoms with van der Waals surface area (Å²) in [6.45, 7) is 3.89. The molecule has 0 rings (SSSR count). The van der Waals surface area contributed by atoms with Crippen molar-refractivity contribution < 1.29 is 9.90 Å². The highest BCUT2D eigenvalue weighted by Crippen LogP contribution is 2.03. The SMILES string of the molecule is CCC/C=C\C/C=C\CSCC=C=CCC(C)C(=O)O. The van der Waals surface area contributed by atoms with Crippen molar-refractivity contribution in [2.24, 2.45) is 5.92 Å². The van der Waals surface area contributed by atoms with E-state index in [1.807, 2.05) is 17.8 Å². The number of aliphatic carboxylic acids is 1. The quantitative estimate of drug-likeness (QED) is 0.336. The highest BCUT2D eigenvalue weighted by Gasteiger charge is 2.06. The summed E-state index contributed by atoms with van der Waals surface area (Å²) in [6, 6.07) is 0. The molecular formula is C17H26O2S. The van der Waals surface area contributed by atoms with Gasteiger partial charge in [0.2, 0.25) is 0 Å². The molecule has 0 bridgehead atoms. The van der Waals surface area contributed by atoms with Crippen LogP contribution in [0, 0.1) is 5.92 Å². The zero-order valence-electron chi connectivity index (χ0n) is 12.5. The maximum atomic E-state index is 10.6. The highest BCUT2D eigenvalue weighted by atomic mass is 32.2. The largest absolute Gasteiger partial charge is 0.481 e. The Labute approximate surface area is 127 Å². The van der Waals surface area contributed by atoms with Gasteiger partial charge in [0.1, 0.15) is 0 Å². The fourth-order valence-electron chi connectivity index (χ4n) is 1.30. The summed E-state index contributed by atoms with van der Waals surface area (Å²) < 4.78 is 0. The van der Waals surface area contributed by atoms with Crippen LogP contribution >= 0.6 is 11.8 Å². The Morgan fingerprint density at radius 3 is 2.65 bits per heavy atom. The monoisotopic (exact) mass is 294 g/mol. The van der Waals surface area contributed by atoms with E-state index in [2.05, 4.69) is 37.0 Å². The molecule has 0 heterocycles. The van der Waals surface area contributed by atoms with Crippen molar-refractivity contribution in [1.29, 1.82) is 0 Å². The first kappa shape index (κ1) is 18.8. The Morgan fingerprint density at radius 1 is 1.20 bits per heavy atom. The van der Waals surface area contributed by atoms with Gasteiger partial charge in [0.05, 0.1) is 5.92 Å². The lowest BCUT2D eigenvalue weighted by Gasteiger charge is -1.97. The van der Waals surface area contributed by atoms with Crippen LogP contribution in [0.25, 0.3) is 0 Å². The van der Waals surface area contributed by atoms with E-state index in [1.54, 1.807) is 13.0 Å². The number of rotatable bonds is 11. The number of carbonyl (C=O) groups is 1. The Hall–Kier alpha value is -1.18. The Kier molecular flexibility index (Phi) is 13.4. The van der Waals surface area contributed by atoms with Gasteiger partial charge in [0.15, 0.2) is 0 Å². The molecule has 0 aliphatic heterocycles. The summed E-state index contributed by atoms with van der Waals surface area (Å²) >= 11 is 1.82. The van der Waals surface area contributed by atoms with Crippen LogP contribution in [0.4, 0.5) is 0 Å². The van der Waals surface area contributed by atoms with E-state index in [1.165, 1.54) is 12.8 Å². The van der Waals surface area contributed by atoms with E-state index in [9.17, 15) is 4.79 Å². The lowest BCUT2D eigenvalue weighted by molar-refractivity contribution is -0.140. The van der Waals surface area contributed by atoms with Crippen molar-refractivity contribution in [2.75, 3.05) is 11.5 Å². The van der Waals surface area contributed by atoms with Crippen LogP contribution in [0.2, 0.25) is 0 Å². The molecule has 1 atom stereocenters. The normalized spacial score (nSPS) is 12.5. The molecule has 0 fully saturated rings. The maximum Gasteiger partial charge on any atom is 0.306 e. The van der Waals surface area contributed by atoms with E-state index in [4.69, 9.17) is 5.11 Å². The first-order valence-corrected chi connectivity index (χ1v) is 8.33. The van der Waals surface area contributed by atoms with Gasteiger partial charge in [0, 0.05) is 11.5 Å². The lowest BCUT2D eigenvalue weighted by atomic mass is 10.1. The molecule has 1 N–H and O–H groups in total. The minimum absolute atomic E-state index is 0.327. The van der Waals surface area contributed by atoms with Crippen molar-refractivity contribution in [1.82, 2.24) is 0 Å².